The van der Waals surface area contributed by atoms with Crippen molar-refractivity contribution in [2.45, 2.75) is 18.9 Å². The summed E-state index contributed by atoms with van der Waals surface area (Å²) in [5, 5.41) is 3.12. The number of rotatable bonds is 10. The second-order valence-corrected chi connectivity index (χ2v) is 4.60. The van der Waals surface area contributed by atoms with E-state index in [4.69, 9.17) is 14.2 Å². The number of benzene rings is 1. The van der Waals surface area contributed by atoms with E-state index in [0.717, 1.165) is 5.56 Å². The van der Waals surface area contributed by atoms with Crippen LogP contribution < -0.4 is 5.32 Å². The van der Waals surface area contributed by atoms with Gasteiger partial charge in [-0.05, 0) is 19.5 Å². The zero-order valence-electron chi connectivity index (χ0n) is 13.1. The Balaban J connectivity index is 2.85. The fraction of sp³-hybridized carbons (Fsp3) is 0.562. The van der Waals surface area contributed by atoms with Crippen LogP contribution in [-0.2, 0) is 24.5 Å². The average Bonchev–Trinajstić information content (AvgIpc) is 2.52. The predicted octanol–water partition coefficient (Wildman–Crippen LogP) is 1.72. The van der Waals surface area contributed by atoms with E-state index in [9.17, 15) is 4.79 Å². The summed E-state index contributed by atoms with van der Waals surface area (Å²) in [6.07, 6.45) is 0.496. The van der Waals surface area contributed by atoms with Gasteiger partial charge in [-0.25, -0.2) is 4.79 Å². The van der Waals surface area contributed by atoms with Crippen LogP contribution in [0.3, 0.4) is 0 Å². The van der Waals surface area contributed by atoms with Crippen LogP contribution in [0.2, 0.25) is 0 Å². The topological polar surface area (TPSA) is 56.8 Å². The normalized spacial score (nSPS) is 13.7. The van der Waals surface area contributed by atoms with Crippen LogP contribution in [-0.4, -0.2) is 46.6 Å². The number of methoxy groups -OCH3 is 1. The van der Waals surface area contributed by atoms with Gasteiger partial charge in [-0.15, -0.1) is 0 Å². The number of ether oxygens (including phenoxy) is 3. The fourth-order valence-corrected chi connectivity index (χ4v) is 2.18. The van der Waals surface area contributed by atoms with E-state index in [2.05, 4.69) is 5.32 Å². The second-order valence-electron chi connectivity index (χ2n) is 4.60. The highest BCUT2D eigenvalue weighted by Crippen LogP contribution is 2.26. The van der Waals surface area contributed by atoms with Gasteiger partial charge in [-0.3, -0.25) is 0 Å². The Kier molecular flexibility index (Phi) is 7.97. The molecule has 5 nitrogen and oxygen atoms in total. The van der Waals surface area contributed by atoms with Gasteiger partial charge in [-0.1, -0.05) is 30.3 Å². The molecule has 0 saturated heterocycles. The largest absolute Gasteiger partial charge is 0.464 e. The molecular weight excluding hydrogens is 270 g/mol. The summed E-state index contributed by atoms with van der Waals surface area (Å²) in [5.74, 6) is -0.283. The Bertz CT molecular complexity index is 410. The quantitative estimate of drug-likeness (QED) is 0.526. The number of hydrogen-bond donors (Lipinski definition) is 1. The summed E-state index contributed by atoms with van der Waals surface area (Å²) in [4.78, 5) is 12.5. The molecule has 0 aliphatic carbocycles. The minimum atomic E-state index is -0.885. The standard InChI is InChI=1S/C16H25NO4/c1-4-21-15(18)16(17-2,10-11-20-13-12-19-3)14-8-6-5-7-9-14/h5-9,17H,4,10-13H2,1-3H3. The molecule has 0 heterocycles. The molecule has 0 radical (unpaired) electrons. The van der Waals surface area contributed by atoms with Crippen LogP contribution in [0.1, 0.15) is 18.9 Å². The number of carbonyl (C=O) groups excluding carboxylic acids is 1. The third-order valence-corrected chi connectivity index (χ3v) is 3.37. The molecule has 21 heavy (non-hydrogen) atoms. The molecule has 1 rings (SSSR count). The Hall–Kier alpha value is -1.43. The Labute approximate surface area is 126 Å². The molecule has 0 aliphatic heterocycles. The first kappa shape index (κ1) is 17.6. The van der Waals surface area contributed by atoms with E-state index in [1.54, 1.807) is 21.1 Å². The molecule has 0 saturated carbocycles. The number of hydrogen-bond acceptors (Lipinski definition) is 5. The molecular formula is C16H25NO4. The van der Waals surface area contributed by atoms with Gasteiger partial charge >= 0.3 is 5.97 Å². The average molecular weight is 295 g/mol. The van der Waals surface area contributed by atoms with Crippen molar-refractivity contribution in [3.8, 4) is 0 Å². The maximum Gasteiger partial charge on any atom is 0.331 e. The summed E-state index contributed by atoms with van der Waals surface area (Å²) in [5.41, 5.74) is -0.00839. The van der Waals surface area contributed by atoms with Crippen molar-refractivity contribution in [3.05, 3.63) is 35.9 Å². The van der Waals surface area contributed by atoms with Crippen molar-refractivity contribution in [2.75, 3.05) is 40.6 Å². The van der Waals surface area contributed by atoms with Crippen LogP contribution in [0.4, 0.5) is 0 Å². The second kappa shape index (κ2) is 9.50. The van der Waals surface area contributed by atoms with Crippen molar-refractivity contribution >= 4 is 5.97 Å². The minimum Gasteiger partial charge on any atom is -0.464 e. The Morgan fingerprint density at radius 3 is 2.48 bits per heavy atom. The van der Waals surface area contributed by atoms with Crippen molar-refractivity contribution in [1.82, 2.24) is 5.32 Å². The summed E-state index contributed by atoms with van der Waals surface area (Å²) in [7, 11) is 3.39. The molecule has 0 aromatic heterocycles. The number of carbonyl (C=O) groups is 1. The molecule has 1 unspecified atom stereocenters. The molecule has 0 amide bonds. The molecule has 0 aliphatic rings. The van der Waals surface area contributed by atoms with Crippen LogP contribution in [0.25, 0.3) is 0 Å². The highest BCUT2D eigenvalue weighted by Gasteiger charge is 2.39. The molecule has 1 N–H and O–H groups in total. The van der Waals surface area contributed by atoms with Gasteiger partial charge < -0.3 is 19.5 Å². The van der Waals surface area contributed by atoms with E-state index < -0.39 is 5.54 Å². The first-order valence-electron chi connectivity index (χ1n) is 7.19. The first-order valence-corrected chi connectivity index (χ1v) is 7.19. The van der Waals surface area contributed by atoms with Gasteiger partial charge in [0, 0.05) is 20.1 Å². The van der Waals surface area contributed by atoms with Gasteiger partial charge in [0.15, 0.2) is 0 Å². The van der Waals surface area contributed by atoms with Crippen LogP contribution in [0, 0.1) is 0 Å². The molecule has 118 valence electrons. The molecule has 1 aromatic rings. The summed E-state index contributed by atoms with van der Waals surface area (Å²) >= 11 is 0. The lowest BCUT2D eigenvalue weighted by Crippen LogP contribution is -2.49. The monoisotopic (exact) mass is 295 g/mol. The number of esters is 1. The smallest absolute Gasteiger partial charge is 0.331 e. The van der Waals surface area contributed by atoms with Gasteiger partial charge in [-0.2, -0.15) is 0 Å². The molecule has 5 heteroatoms. The summed E-state index contributed by atoms with van der Waals surface area (Å²) < 4.78 is 15.7. The van der Waals surface area contributed by atoms with Gasteiger partial charge in [0.05, 0.1) is 19.8 Å². The van der Waals surface area contributed by atoms with E-state index in [0.29, 0.717) is 32.8 Å². The number of nitrogens with one attached hydrogen (secondary N) is 1. The minimum absolute atomic E-state index is 0.283. The third-order valence-electron chi connectivity index (χ3n) is 3.37. The molecule has 0 fully saturated rings. The predicted molar refractivity (Wildman–Crippen MR) is 81.1 cm³/mol. The summed E-state index contributed by atoms with van der Waals surface area (Å²) in [6.45, 7) is 3.64. The maximum atomic E-state index is 12.5. The van der Waals surface area contributed by atoms with Gasteiger partial charge in [0.2, 0.25) is 0 Å². The van der Waals surface area contributed by atoms with Crippen LogP contribution in [0.5, 0.6) is 0 Å². The van der Waals surface area contributed by atoms with E-state index in [-0.39, 0.29) is 5.97 Å². The van der Waals surface area contributed by atoms with E-state index >= 15 is 0 Å². The lowest BCUT2D eigenvalue weighted by atomic mass is 9.87. The van der Waals surface area contributed by atoms with Crippen molar-refractivity contribution < 1.29 is 19.0 Å². The molecule has 1 aromatic carbocycles. The summed E-state index contributed by atoms with van der Waals surface area (Å²) in [6, 6.07) is 9.58. The molecule has 0 bridgehead atoms. The van der Waals surface area contributed by atoms with Crippen molar-refractivity contribution in [1.29, 1.82) is 0 Å². The van der Waals surface area contributed by atoms with Gasteiger partial charge in [0.1, 0.15) is 5.54 Å². The lowest BCUT2D eigenvalue weighted by Gasteiger charge is -2.31. The highest BCUT2D eigenvalue weighted by atomic mass is 16.5. The fourth-order valence-electron chi connectivity index (χ4n) is 2.18. The third kappa shape index (κ3) is 4.81. The van der Waals surface area contributed by atoms with Crippen molar-refractivity contribution in [3.63, 3.8) is 0 Å². The van der Waals surface area contributed by atoms with Crippen LogP contribution in [0.15, 0.2) is 30.3 Å². The Morgan fingerprint density at radius 2 is 1.90 bits per heavy atom. The molecule has 1 atom stereocenters. The number of likely N-dealkylation sites (N-methyl/N-ethyl adjacent to an activating group) is 1. The lowest BCUT2D eigenvalue weighted by molar-refractivity contribution is -0.152. The van der Waals surface area contributed by atoms with E-state index in [1.165, 1.54) is 0 Å². The zero-order valence-corrected chi connectivity index (χ0v) is 13.1. The first-order chi connectivity index (χ1) is 10.2. The van der Waals surface area contributed by atoms with E-state index in [1.807, 2.05) is 30.3 Å². The van der Waals surface area contributed by atoms with Crippen LogP contribution >= 0.6 is 0 Å². The zero-order chi connectivity index (χ0) is 15.6. The maximum absolute atomic E-state index is 12.5. The molecule has 0 spiro atoms. The SMILES string of the molecule is CCOC(=O)C(CCOCCOC)(NC)c1ccccc1. The van der Waals surface area contributed by atoms with Crippen molar-refractivity contribution in [2.24, 2.45) is 0 Å². The highest BCUT2D eigenvalue weighted by molar-refractivity contribution is 5.82. The van der Waals surface area contributed by atoms with Gasteiger partial charge in [0.25, 0.3) is 0 Å². The Morgan fingerprint density at radius 1 is 1.19 bits per heavy atom.